The molecule has 0 aliphatic carbocycles. The Bertz CT molecular complexity index is 566. The summed E-state index contributed by atoms with van der Waals surface area (Å²) in [6.07, 6.45) is 4.90. The molecule has 1 aromatic rings. The predicted octanol–water partition coefficient (Wildman–Crippen LogP) is -0.633. The van der Waals surface area contributed by atoms with Crippen LogP contribution in [0.2, 0.25) is 0 Å². The number of sulfonamides is 1. The number of hydrogen-bond acceptors (Lipinski definition) is 4. The minimum Gasteiger partial charge on any atom is -0.357 e. The molecule has 0 spiro atoms. The topological polar surface area (TPSA) is 91.6 Å². The number of aryl methyl sites for hydroxylation is 1. The van der Waals surface area contributed by atoms with E-state index in [0.717, 1.165) is 24.3 Å². The minimum atomic E-state index is -3.16. The van der Waals surface area contributed by atoms with Gasteiger partial charge in [-0.15, -0.1) is 0 Å². The molecule has 0 unspecified atom stereocenters. The molecule has 0 aromatic carbocycles. The van der Waals surface area contributed by atoms with Crippen LogP contribution in [0.3, 0.4) is 0 Å². The first-order valence-corrected chi connectivity index (χ1v) is 8.62. The molecule has 0 aliphatic heterocycles. The van der Waals surface area contributed by atoms with Gasteiger partial charge in [-0.05, 0) is 6.92 Å². The van der Waals surface area contributed by atoms with Crippen LogP contribution in [0, 0.1) is 0 Å². The summed E-state index contributed by atoms with van der Waals surface area (Å²) in [5, 5.41) is 7.31. The van der Waals surface area contributed by atoms with E-state index in [9.17, 15) is 8.42 Å². The lowest BCUT2D eigenvalue weighted by molar-refractivity contribution is 0.476. The highest BCUT2D eigenvalue weighted by molar-refractivity contribution is 7.88. The van der Waals surface area contributed by atoms with Gasteiger partial charge in [0.05, 0.1) is 19.0 Å². The van der Waals surface area contributed by atoms with Gasteiger partial charge in [-0.3, -0.25) is 9.67 Å². The second-order valence-electron chi connectivity index (χ2n) is 4.78. The Hall–Kier alpha value is -1.61. The predicted molar refractivity (Wildman–Crippen MR) is 83.5 cm³/mol. The summed E-state index contributed by atoms with van der Waals surface area (Å²) in [6.45, 7) is 4.08. The molecule has 8 nitrogen and oxygen atoms in total. The molecule has 0 saturated carbocycles. The van der Waals surface area contributed by atoms with Gasteiger partial charge < -0.3 is 10.2 Å². The Morgan fingerprint density at radius 1 is 1.52 bits per heavy atom. The van der Waals surface area contributed by atoms with Crippen molar-refractivity contribution in [2.24, 2.45) is 12.0 Å². The number of nitrogens with one attached hydrogen (secondary N) is 2. The third-order valence-corrected chi connectivity index (χ3v) is 3.34. The second-order valence-corrected chi connectivity index (χ2v) is 6.61. The second kappa shape index (κ2) is 7.99. The monoisotopic (exact) mass is 316 g/mol. The molecule has 0 atom stereocenters. The SMILES string of the molecule is CCNC(=NCCNS(C)(=O)=O)N(C)Cc1cnn(C)c1. The number of hydrogen-bond donors (Lipinski definition) is 2. The van der Waals surface area contributed by atoms with Crippen LogP contribution < -0.4 is 10.0 Å². The van der Waals surface area contributed by atoms with Crippen molar-refractivity contribution in [2.45, 2.75) is 13.5 Å². The van der Waals surface area contributed by atoms with Crippen LogP contribution in [0.5, 0.6) is 0 Å². The van der Waals surface area contributed by atoms with E-state index in [1.807, 2.05) is 38.3 Å². The summed E-state index contributed by atoms with van der Waals surface area (Å²) in [5.74, 6) is 0.733. The van der Waals surface area contributed by atoms with Crippen LogP contribution in [0.15, 0.2) is 17.4 Å². The van der Waals surface area contributed by atoms with Crippen molar-refractivity contribution in [3.63, 3.8) is 0 Å². The van der Waals surface area contributed by atoms with E-state index in [2.05, 4.69) is 20.1 Å². The summed E-state index contributed by atoms with van der Waals surface area (Å²) in [7, 11) is 0.639. The smallest absolute Gasteiger partial charge is 0.208 e. The molecule has 0 amide bonds. The van der Waals surface area contributed by atoms with E-state index in [1.54, 1.807) is 4.68 Å². The molecule has 9 heteroatoms. The molecular formula is C12H24N6O2S. The fourth-order valence-corrected chi connectivity index (χ4v) is 2.23. The molecule has 1 aromatic heterocycles. The molecule has 0 saturated heterocycles. The van der Waals surface area contributed by atoms with E-state index in [4.69, 9.17) is 0 Å². The average molecular weight is 316 g/mol. The highest BCUT2D eigenvalue weighted by atomic mass is 32.2. The molecule has 0 radical (unpaired) electrons. The fourth-order valence-electron chi connectivity index (χ4n) is 1.76. The molecule has 1 rings (SSSR count). The zero-order valence-corrected chi connectivity index (χ0v) is 13.8. The Morgan fingerprint density at radius 3 is 2.76 bits per heavy atom. The molecule has 120 valence electrons. The van der Waals surface area contributed by atoms with Crippen molar-refractivity contribution >= 4 is 16.0 Å². The van der Waals surface area contributed by atoms with Crippen molar-refractivity contribution in [1.29, 1.82) is 0 Å². The molecule has 0 bridgehead atoms. The van der Waals surface area contributed by atoms with Gasteiger partial charge in [-0.25, -0.2) is 13.1 Å². The molecule has 21 heavy (non-hydrogen) atoms. The molecular weight excluding hydrogens is 292 g/mol. The Kier molecular flexibility index (Phi) is 6.63. The van der Waals surface area contributed by atoms with E-state index in [1.165, 1.54) is 0 Å². The summed E-state index contributed by atoms with van der Waals surface area (Å²) in [5.41, 5.74) is 1.08. The number of aliphatic imine (C=N–C) groups is 1. The highest BCUT2D eigenvalue weighted by Gasteiger charge is 2.07. The quantitative estimate of drug-likeness (QED) is 0.397. The molecule has 1 heterocycles. The molecule has 0 aliphatic rings. The summed E-state index contributed by atoms with van der Waals surface area (Å²) >= 11 is 0. The maximum Gasteiger partial charge on any atom is 0.208 e. The molecule has 0 fully saturated rings. The van der Waals surface area contributed by atoms with E-state index >= 15 is 0 Å². The van der Waals surface area contributed by atoms with Crippen molar-refractivity contribution in [3.8, 4) is 0 Å². The van der Waals surface area contributed by atoms with Crippen LogP contribution >= 0.6 is 0 Å². The number of nitrogens with zero attached hydrogens (tertiary/aromatic N) is 4. The van der Waals surface area contributed by atoms with Gasteiger partial charge in [-0.1, -0.05) is 0 Å². The Balaban J connectivity index is 2.57. The Morgan fingerprint density at radius 2 is 2.24 bits per heavy atom. The summed E-state index contributed by atoms with van der Waals surface area (Å²) in [6, 6.07) is 0. The third kappa shape index (κ3) is 7.09. The van der Waals surface area contributed by atoms with Crippen molar-refractivity contribution < 1.29 is 8.42 Å². The number of aromatic nitrogens is 2. The first-order valence-electron chi connectivity index (χ1n) is 6.73. The lowest BCUT2D eigenvalue weighted by Gasteiger charge is -2.21. The zero-order valence-electron chi connectivity index (χ0n) is 13.0. The number of guanidine groups is 1. The lowest BCUT2D eigenvalue weighted by Crippen LogP contribution is -2.39. The van der Waals surface area contributed by atoms with Crippen molar-refractivity contribution in [2.75, 3.05) is 32.9 Å². The van der Waals surface area contributed by atoms with Crippen molar-refractivity contribution in [3.05, 3.63) is 18.0 Å². The maximum atomic E-state index is 11.0. The van der Waals surface area contributed by atoms with E-state index in [-0.39, 0.29) is 6.54 Å². The summed E-state index contributed by atoms with van der Waals surface area (Å²) in [4.78, 5) is 6.37. The van der Waals surface area contributed by atoms with Gasteiger partial charge in [0.2, 0.25) is 10.0 Å². The lowest BCUT2D eigenvalue weighted by atomic mass is 10.3. The van der Waals surface area contributed by atoms with Crippen LogP contribution in [-0.4, -0.2) is 62.0 Å². The average Bonchev–Trinajstić information content (AvgIpc) is 2.77. The van der Waals surface area contributed by atoms with Gasteiger partial charge in [-0.2, -0.15) is 5.10 Å². The fraction of sp³-hybridized carbons (Fsp3) is 0.667. The maximum absolute atomic E-state index is 11.0. The van der Waals surface area contributed by atoms with Crippen LogP contribution in [0.1, 0.15) is 12.5 Å². The van der Waals surface area contributed by atoms with E-state index < -0.39 is 10.0 Å². The third-order valence-electron chi connectivity index (χ3n) is 2.61. The zero-order chi connectivity index (χ0) is 15.9. The Labute approximate surface area is 126 Å². The summed E-state index contributed by atoms with van der Waals surface area (Å²) < 4.78 is 26.1. The van der Waals surface area contributed by atoms with Crippen LogP contribution in [0.4, 0.5) is 0 Å². The largest absolute Gasteiger partial charge is 0.357 e. The normalized spacial score (nSPS) is 12.5. The van der Waals surface area contributed by atoms with Gasteiger partial charge in [0.25, 0.3) is 0 Å². The van der Waals surface area contributed by atoms with E-state index in [0.29, 0.717) is 13.1 Å². The van der Waals surface area contributed by atoms with Crippen molar-refractivity contribution in [1.82, 2.24) is 24.7 Å². The highest BCUT2D eigenvalue weighted by Crippen LogP contribution is 2.01. The minimum absolute atomic E-state index is 0.286. The van der Waals surface area contributed by atoms with Gasteiger partial charge in [0.15, 0.2) is 5.96 Å². The molecule has 2 N–H and O–H groups in total. The van der Waals surface area contributed by atoms with Crippen LogP contribution in [-0.2, 0) is 23.6 Å². The number of rotatable bonds is 7. The standard InChI is InChI=1S/C12H24N6O2S/c1-5-13-12(14-6-7-16-21(4,19)20)17(2)9-11-8-15-18(3)10-11/h8,10,16H,5-7,9H2,1-4H3,(H,13,14). The first-order chi connectivity index (χ1) is 9.81. The van der Waals surface area contributed by atoms with Gasteiger partial charge in [0, 0.05) is 45.5 Å². The van der Waals surface area contributed by atoms with Gasteiger partial charge in [0.1, 0.15) is 0 Å². The van der Waals surface area contributed by atoms with Gasteiger partial charge >= 0.3 is 0 Å². The van der Waals surface area contributed by atoms with Crippen LogP contribution in [0.25, 0.3) is 0 Å². The first kappa shape index (κ1) is 17.4.